The van der Waals surface area contributed by atoms with Gasteiger partial charge in [0.2, 0.25) is 10.0 Å². The molecule has 30 heavy (non-hydrogen) atoms. The Bertz CT molecular complexity index is 905. The van der Waals surface area contributed by atoms with Gasteiger partial charge in [0.15, 0.2) is 0 Å². The van der Waals surface area contributed by atoms with Crippen LogP contribution >= 0.6 is 0 Å². The molecule has 0 spiro atoms. The molecule has 8 heteroatoms. The SMILES string of the molecule is CN1CCN(S(=O)(=O)c2ccc(N3CCC(COc4ccccc4)CC3)nc2)CC1. The van der Waals surface area contributed by atoms with Crippen LogP contribution in [-0.4, -0.2) is 75.5 Å². The summed E-state index contributed by atoms with van der Waals surface area (Å²) in [6.45, 7) is 5.11. The quantitative estimate of drug-likeness (QED) is 0.701. The standard InChI is InChI=1S/C22H30N4O3S/c1-24-13-15-26(16-14-24)30(27,28)21-7-8-22(23-17-21)25-11-9-19(10-12-25)18-29-20-5-3-2-4-6-20/h2-8,17,19H,9-16,18H2,1H3. The van der Waals surface area contributed by atoms with Gasteiger partial charge in [0.05, 0.1) is 6.61 Å². The number of nitrogens with zero attached hydrogens (tertiary/aromatic N) is 4. The van der Waals surface area contributed by atoms with Crippen LogP contribution in [0.3, 0.4) is 0 Å². The molecule has 0 bridgehead atoms. The molecule has 2 aliphatic heterocycles. The molecule has 7 nitrogen and oxygen atoms in total. The lowest BCUT2D eigenvalue weighted by atomic mass is 9.98. The summed E-state index contributed by atoms with van der Waals surface area (Å²) in [5, 5.41) is 0. The predicted octanol–water partition coefficient (Wildman–Crippen LogP) is 2.31. The van der Waals surface area contributed by atoms with Gasteiger partial charge in [-0.2, -0.15) is 4.31 Å². The molecule has 0 aliphatic carbocycles. The molecule has 2 fully saturated rings. The number of benzene rings is 1. The molecule has 2 saturated heterocycles. The van der Waals surface area contributed by atoms with E-state index in [2.05, 4.69) is 14.8 Å². The van der Waals surface area contributed by atoms with Gasteiger partial charge in [0.1, 0.15) is 16.5 Å². The number of sulfonamides is 1. The van der Waals surface area contributed by atoms with Crippen molar-refractivity contribution in [1.29, 1.82) is 0 Å². The highest BCUT2D eigenvalue weighted by Gasteiger charge is 2.28. The smallest absolute Gasteiger partial charge is 0.244 e. The highest BCUT2D eigenvalue weighted by Crippen LogP contribution is 2.24. The zero-order valence-electron chi connectivity index (χ0n) is 17.5. The maximum absolute atomic E-state index is 12.9. The molecule has 1 aromatic carbocycles. The molecule has 0 amide bonds. The summed E-state index contributed by atoms with van der Waals surface area (Å²) in [6, 6.07) is 13.5. The minimum Gasteiger partial charge on any atom is -0.493 e. The Labute approximate surface area is 179 Å². The fourth-order valence-corrected chi connectivity index (χ4v) is 5.32. The van der Waals surface area contributed by atoms with Crippen LogP contribution in [-0.2, 0) is 10.0 Å². The maximum Gasteiger partial charge on any atom is 0.244 e. The van der Waals surface area contributed by atoms with Crippen LogP contribution in [0, 0.1) is 5.92 Å². The second-order valence-electron chi connectivity index (χ2n) is 8.11. The Hall–Kier alpha value is -2.16. The average Bonchev–Trinajstić information content (AvgIpc) is 2.79. The third-order valence-electron chi connectivity index (χ3n) is 5.99. The molecular formula is C22H30N4O3S. The molecule has 0 atom stereocenters. The number of hydrogen-bond donors (Lipinski definition) is 0. The first-order valence-electron chi connectivity index (χ1n) is 10.6. The number of pyridine rings is 1. The molecule has 1 aromatic heterocycles. The van der Waals surface area contributed by atoms with Crippen molar-refractivity contribution in [3.63, 3.8) is 0 Å². The lowest BCUT2D eigenvalue weighted by Gasteiger charge is -2.33. The van der Waals surface area contributed by atoms with Gasteiger partial charge in [-0.3, -0.25) is 0 Å². The number of likely N-dealkylation sites (N-methyl/N-ethyl adjacent to an activating group) is 1. The molecule has 0 unspecified atom stereocenters. The lowest BCUT2D eigenvalue weighted by molar-refractivity contribution is 0.222. The van der Waals surface area contributed by atoms with Gasteiger partial charge >= 0.3 is 0 Å². The van der Waals surface area contributed by atoms with Crippen LogP contribution in [0.2, 0.25) is 0 Å². The molecule has 162 valence electrons. The molecule has 0 saturated carbocycles. The van der Waals surface area contributed by atoms with Crippen LogP contribution < -0.4 is 9.64 Å². The first-order valence-corrected chi connectivity index (χ1v) is 12.0. The van der Waals surface area contributed by atoms with E-state index in [9.17, 15) is 8.42 Å². The second kappa shape index (κ2) is 9.32. The van der Waals surface area contributed by atoms with E-state index in [0.29, 0.717) is 19.0 Å². The van der Waals surface area contributed by atoms with E-state index < -0.39 is 10.0 Å². The third-order valence-corrected chi connectivity index (χ3v) is 7.87. The zero-order chi connectivity index (χ0) is 21.0. The van der Waals surface area contributed by atoms with Gasteiger partial charge in [0.25, 0.3) is 0 Å². The van der Waals surface area contributed by atoms with Gasteiger partial charge in [0, 0.05) is 45.5 Å². The summed E-state index contributed by atoms with van der Waals surface area (Å²) < 4.78 is 33.2. The number of rotatable bonds is 6. The van der Waals surface area contributed by atoms with Crippen molar-refractivity contribution in [1.82, 2.24) is 14.2 Å². The first kappa shape index (κ1) is 21.1. The maximum atomic E-state index is 12.9. The minimum absolute atomic E-state index is 0.280. The van der Waals surface area contributed by atoms with Crippen LogP contribution in [0.4, 0.5) is 5.82 Å². The van der Waals surface area contributed by atoms with Gasteiger partial charge in [-0.25, -0.2) is 13.4 Å². The van der Waals surface area contributed by atoms with Crippen LogP contribution in [0.15, 0.2) is 53.6 Å². The number of aromatic nitrogens is 1. The normalized spacial score (nSPS) is 19.7. The van der Waals surface area contributed by atoms with Gasteiger partial charge in [-0.05, 0) is 50.1 Å². The molecule has 4 rings (SSSR count). The summed E-state index contributed by atoms with van der Waals surface area (Å²) in [6.07, 6.45) is 3.58. The summed E-state index contributed by atoms with van der Waals surface area (Å²) in [7, 11) is -1.46. The predicted molar refractivity (Wildman–Crippen MR) is 117 cm³/mol. The van der Waals surface area contributed by atoms with Gasteiger partial charge in [-0.15, -0.1) is 0 Å². The van der Waals surface area contributed by atoms with Crippen LogP contribution in [0.5, 0.6) is 5.75 Å². The highest BCUT2D eigenvalue weighted by atomic mass is 32.2. The number of hydrogen-bond acceptors (Lipinski definition) is 6. The highest BCUT2D eigenvalue weighted by molar-refractivity contribution is 7.89. The van der Waals surface area contributed by atoms with E-state index in [4.69, 9.17) is 4.74 Å². The fraction of sp³-hybridized carbons (Fsp3) is 0.500. The van der Waals surface area contributed by atoms with Crippen molar-refractivity contribution in [3.8, 4) is 5.75 Å². The van der Waals surface area contributed by atoms with Crippen molar-refractivity contribution in [2.45, 2.75) is 17.7 Å². The van der Waals surface area contributed by atoms with Crippen molar-refractivity contribution < 1.29 is 13.2 Å². The second-order valence-corrected chi connectivity index (χ2v) is 10.1. The molecule has 2 aliphatic rings. The monoisotopic (exact) mass is 430 g/mol. The number of ether oxygens (including phenoxy) is 1. The van der Waals surface area contributed by atoms with Gasteiger partial charge < -0.3 is 14.5 Å². The van der Waals surface area contributed by atoms with Crippen molar-refractivity contribution in [2.24, 2.45) is 5.92 Å². The largest absolute Gasteiger partial charge is 0.493 e. The Morgan fingerprint density at radius 1 is 0.967 bits per heavy atom. The number of piperidine rings is 1. The Morgan fingerprint density at radius 2 is 1.67 bits per heavy atom. The fourth-order valence-electron chi connectivity index (χ4n) is 3.95. The van der Waals surface area contributed by atoms with Gasteiger partial charge in [-0.1, -0.05) is 18.2 Å². The minimum atomic E-state index is -3.47. The lowest BCUT2D eigenvalue weighted by Crippen LogP contribution is -2.47. The molecule has 0 radical (unpaired) electrons. The van der Waals surface area contributed by atoms with E-state index in [1.54, 1.807) is 10.4 Å². The number of para-hydroxylation sites is 1. The van der Waals surface area contributed by atoms with E-state index >= 15 is 0 Å². The van der Waals surface area contributed by atoms with Crippen molar-refractivity contribution in [2.75, 3.05) is 57.8 Å². The van der Waals surface area contributed by atoms with Crippen LogP contribution in [0.1, 0.15) is 12.8 Å². The summed E-state index contributed by atoms with van der Waals surface area (Å²) >= 11 is 0. The summed E-state index contributed by atoms with van der Waals surface area (Å²) in [5.74, 6) is 2.28. The molecule has 2 aromatic rings. The topological polar surface area (TPSA) is 66.0 Å². The summed E-state index contributed by atoms with van der Waals surface area (Å²) in [4.78, 5) is 9.12. The Kier molecular flexibility index (Phi) is 6.55. The molecular weight excluding hydrogens is 400 g/mol. The summed E-state index contributed by atoms with van der Waals surface area (Å²) in [5.41, 5.74) is 0. The average molecular weight is 431 g/mol. The van der Waals surface area contributed by atoms with Crippen molar-refractivity contribution >= 4 is 15.8 Å². The number of piperazine rings is 1. The third kappa shape index (κ3) is 4.94. The molecule has 0 N–H and O–H groups in total. The van der Waals surface area contributed by atoms with E-state index in [-0.39, 0.29) is 4.90 Å². The molecule has 3 heterocycles. The van der Waals surface area contributed by atoms with E-state index in [1.165, 1.54) is 6.20 Å². The van der Waals surface area contributed by atoms with E-state index in [0.717, 1.165) is 57.2 Å². The van der Waals surface area contributed by atoms with Crippen molar-refractivity contribution in [3.05, 3.63) is 48.7 Å². The zero-order valence-corrected chi connectivity index (χ0v) is 18.3. The Morgan fingerprint density at radius 3 is 2.30 bits per heavy atom. The Balaban J connectivity index is 1.30. The van der Waals surface area contributed by atoms with Crippen LogP contribution in [0.25, 0.3) is 0 Å². The number of anilines is 1. The van der Waals surface area contributed by atoms with E-state index in [1.807, 2.05) is 43.4 Å². The first-order chi connectivity index (χ1) is 14.5.